The molecule has 0 radical (unpaired) electrons. The van der Waals surface area contributed by atoms with Gasteiger partial charge in [0.25, 0.3) is 0 Å². The van der Waals surface area contributed by atoms with Crippen LogP contribution in [0.1, 0.15) is 12.3 Å². The molecular formula is C19H19N3O4. The van der Waals surface area contributed by atoms with Gasteiger partial charge in [0.2, 0.25) is 17.7 Å². The third-order valence-electron chi connectivity index (χ3n) is 3.70. The number of nitrogens with zero attached hydrogens (tertiary/aromatic N) is 2. The molecule has 1 amide bonds. The molecule has 0 aliphatic heterocycles. The summed E-state index contributed by atoms with van der Waals surface area (Å²) in [6, 6.07) is 14.5. The summed E-state index contributed by atoms with van der Waals surface area (Å²) >= 11 is 0. The second-order valence-electron chi connectivity index (χ2n) is 5.51. The number of aryl methyl sites for hydroxylation is 1. The minimum Gasteiger partial charge on any atom is -0.497 e. The number of methoxy groups -OCH3 is 2. The molecule has 0 aliphatic carbocycles. The summed E-state index contributed by atoms with van der Waals surface area (Å²) in [6.07, 6.45) is 0.587. The first-order valence-electron chi connectivity index (χ1n) is 8.08. The van der Waals surface area contributed by atoms with E-state index in [0.29, 0.717) is 35.4 Å². The van der Waals surface area contributed by atoms with E-state index in [1.54, 1.807) is 26.4 Å². The molecule has 7 heteroatoms. The molecule has 26 heavy (non-hydrogen) atoms. The van der Waals surface area contributed by atoms with Crippen molar-refractivity contribution in [2.24, 2.45) is 0 Å². The smallest absolute Gasteiger partial charge is 0.247 e. The number of carbonyl (C=O) groups excluding carboxylic acids is 1. The summed E-state index contributed by atoms with van der Waals surface area (Å²) in [5.74, 6) is 2.05. The van der Waals surface area contributed by atoms with Crippen molar-refractivity contribution in [2.45, 2.75) is 12.8 Å². The summed E-state index contributed by atoms with van der Waals surface area (Å²) in [7, 11) is 3.18. The molecule has 7 nitrogen and oxygen atoms in total. The van der Waals surface area contributed by atoms with Gasteiger partial charge in [-0.1, -0.05) is 12.1 Å². The number of ether oxygens (including phenoxy) is 2. The molecule has 1 aromatic heterocycles. The highest BCUT2D eigenvalue weighted by atomic mass is 16.5. The molecule has 134 valence electrons. The Bertz CT molecular complexity index is 892. The maximum Gasteiger partial charge on any atom is 0.247 e. The predicted molar refractivity (Wildman–Crippen MR) is 96.2 cm³/mol. The summed E-state index contributed by atoms with van der Waals surface area (Å²) in [6.45, 7) is 0. The van der Waals surface area contributed by atoms with E-state index in [1.807, 2.05) is 36.4 Å². The van der Waals surface area contributed by atoms with Crippen molar-refractivity contribution in [1.82, 2.24) is 10.2 Å². The van der Waals surface area contributed by atoms with Gasteiger partial charge in [-0.3, -0.25) is 4.79 Å². The number of amides is 1. The van der Waals surface area contributed by atoms with Gasteiger partial charge >= 0.3 is 0 Å². The minimum absolute atomic E-state index is 0.139. The van der Waals surface area contributed by atoms with Gasteiger partial charge in [-0.05, 0) is 30.3 Å². The van der Waals surface area contributed by atoms with Gasteiger partial charge in [-0.25, -0.2) is 0 Å². The summed E-state index contributed by atoms with van der Waals surface area (Å²) in [5, 5.41) is 10.8. The Morgan fingerprint density at radius 2 is 1.77 bits per heavy atom. The number of carbonyl (C=O) groups is 1. The highest BCUT2D eigenvalue weighted by Gasteiger charge is 2.11. The Kier molecular flexibility index (Phi) is 5.48. The van der Waals surface area contributed by atoms with Crippen LogP contribution in [0.3, 0.4) is 0 Å². The van der Waals surface area contributed by atoms with Crippen LogP contribution < -0.4 is 14.8 Å². The van der Waals surface area contributed by atoms with Gasteiger partial charge in [-0.2, -0.15) is 0 Å². The molecule has 0 fully saturated rings. The number of anilines is 1. The lowest BCUT2D eigenvalue weighted by Gasteiger charge is -2.06. The van der Waals surface area contributed by atoms with Crippen molar-refractivity contribution in [3.8, 4) is 23.0 Å². The maximum absolute atomic E-state index is 12.1. The standard InChI is InChI=1S/C19H19N3O4/c1-24-15-7-3-5-13(11-15)19-22-21-18(26-19)10-9-17(23)20-14-6-4-8-16(12-14)25-2/h3-8,11-12H,9-10H2,1-2H3,(H,20,23). The number of hydrogen-bond donors (Lipinski definition) is 1. The van der Waals surface area contributed by atoms with Crippen molar-refractivity contribution in [3.05, 3.63) is 54.4 Å². The summed E-state index contributed by atoms with van der Waals surface area (Å²) < 4.78 is 15.9. The number of benzene rings is 2. The molecule has 0 saturated heterocycles. The van der Waals surface area contributed by atoms with Gasteiger partial charge in [0.1, 0.15) is 11.5 Å². The SMILES string of the molecule is COc1cccc(NC(=O)CCc2nnc(-c3cccc(OC)c3)o2)c1. The lowest BCUT2D eigenvalue weighted by atomic mass is 10.2. The molecule has 1 N–H and O–H groups in total. The fourth-order valence-corrected chi connectivity index (χ4v) is 2.37. The zero-order valence-electron chi connectivity index (χ0n) is 14.6. The molecule has 0 saturated carbocycles. The first-order valence-corrected chi connectivity index (χ1v) is 8.08. The number of aromatic nitrogens is 2. The van der Waals surface area contributed by atoms with Crippen LogP contribution in [0.25, 0.3) is 11.5 Å². The molecule has 0 aliphatic rings. The van der Waals surface area contributed by atoms with Crippen LogP contribution >= 0.6 is 0 Å². The number of rotatable bonds is 7. The molecule has 1 heterocycles. The Balaban J connectivity index is 1.58. The van der Waals surface area contributed by atoms with Gasteiger partial charge < -0.3 is 19.2 Å². The molecule has 3 rings (SSSR count). The third-order valence-corrected chi connectivity index (χ3v) is 3.70. The molecule has 0 bridgehead atoms. The Hall–Kier alpha value is -3.35. The first-order chi connectivity index (χ1) is 12.7. The highest BCUT2D eigenvalue weighted by molar-refractivity contribution is 5.90. The van der Waals surface area contributed by atoms with E-state index in [9.17, 15) is 4.79 Å². The monoisotopic (exact) mass is 353 g/mol. The second-order valence-corrected chi connectivity index (χ2v) is 5.51. The Labute approximate surface area is 151 Å². The average Bonchev–Trinajstić information content (AvgIpc) is 3.16. The highest BCUT2D eigenvalue weighted by Crippen LogP contribution is 2.23. The number of hydrogen-bond acceptors (Lipinski definition) is 6. The molecule has 3 aromatic rings. The zero-order valence-corrected chi connectivity index (χ0v) is 14.6. The van der Waals surface area contributed by atoms with Crippen LogP contribution in [0.15, 0.2) is 52.9 Å². The summed E-state index contributed by atoms with van der Waals surface area (Å²) in [5.41, 5.74) is 1.45. The van der Waals surface area contributed by atoms with Crippen molar-refractivity contribution >= 4 is 11.6 Å². The van der Waals surface area contributed by atoms with Crippen LogP contribution in [0, 0.1) is 0 Å². The van der Waals surface area contributed by atoms with Crippen LogP contribution in [0.4, 0.5) is 5.69 Å². The van der Waals surface area contributed by atoms with Crippen LogP contribution in [0.5, 0.6) is 11.5 Å². The van der Waals surface area contributed by atoms with Crippen molar-refractivity contribution in [3.63, 3.8) is 0 Å². The fourth-order valence-electron chi connectivity index (χ4n) is 2.37. The zero-order chi connectivity index (χ0) is 18.4. The fraction of sp³-hybridized carbons (Fsp3) is 0.211. The first kappa shape index (κ1) is 17.5. The molecule has 2 aromatic carbocycles. The van der Waals surface area contributed by atoms with Gasteiger partial charge in [0.15, 0.2) is 0 Å². The lowest BCUT2D eigenvalue weighted by molar-refractivity contribution is -0.116. The Morgan fingerprint density at radius 3 is 2.54 bits per heavy atom. The van der Waals surface area contributed by atoms with E-state index in [0.717, 1.165) is 5.56 Å². The van der Waals surface area contributed by atoms with Gasteiger partial charge in [-0.15, -0.1) is 10.2 Å². The van der Waals surface area contributed by atoms with E-state index in [4.69, 9.17) is 13.9 Å². The quantitative estimate of drug-likeness (QED) is 0.701. The van der Waals surface area contributed by atoms with E-state index in [-0.39, 0.29) is 12.3 Å². The average molecular weight is 353 g/mol. The minimum atomic E-state index is -0.139. The van der Waals surface area contributed by atoms with Crippen LogP contribution in [-0.2, 0) is 11.2 Å². The van der Waals surface area contributed by atoms with E-state index in [2.05, 4.69) is 15.5 Å². The predicted octanol–water partition coefficient (Wildman–Crippen LogP) is 3.33. The molecule has 0 atom stereocenters. The van der Waals surface area contributed by atoms with Crippen LogP contribution in [0.2, 0.25) is 0 Å². The van der Waals surface area contributed by atoms with Gasteiger partial charge in [0, 0.05) is 30.2 Å². The normalized spacial score (nSPS) is 10.4. The number of nitrogens with one attached hydrogen (secondary N) is 1. The van der Waals surface area contributed by atoms with Crippen LogP contribution in [-0.4, -0.2) is 30.3 Å². The van der Waals surface area contributed by atoms with E-state index >= 15 is 0 Å². The molecular weight excluding hydrogens is 334 g/mol. The topological polar surface area (TPSA) is 86.5 Å². The largest absolute Gasteiger partial charge is 0.497 e. The third kappa shape index (κ3) is 4.38. The van der Waals surface area contributed by atoms with Gasteiger partial charge in [0.05, 0.1) is 14.2 Å². The lowest BCUT2D eigenvalue weighted by Crippen LogP contribution is -2.12. The maximum atomic E-state index is 12.1. The van der Waals surface area contributed by atoms with E-state index < -0.39 is 0 Å². The Morgan fingerprint density at radius 1 is 1.04 bits per heavy atom. The second kappa shape index (κ2) is 8.15. The molecule has 0 spiro atoms. The van der Waals surface area contributed by atoms with Crippen molar-refractivity contribution in [1.29, 1.82) is 0 Å². The van der Waals surface area contributed by atoms with Crippen molar-refractivity contribution in [2.75, 3.05) is 19.5 Å². The molecule has 0 unspecified atom stereocenters. The van der Waals surface area contributed by atoms with E-state index in [1.165, 1.54) is 0 Å². The summed E-state index contributed by atoms with van der Waals surface area (Å²) in [4.78, 5) is 12.1. The van der Waals surface area contributed by atoms with Crippen molar-refractivity contribution < 1.29 is 18.7 Å².